The van der Waals surface area contributed by atoms with Crippen LogP contribution in [0.2, 0.25) is 0 Å². The van der Waals surface area contributed by atoms with Crippen molar-refractivity contribution in [3.63, 3.8) is 0 Å². The van der Waals surface area contributed by atoms with Gasteiger partial charge in [-0.05, 0) is 24.7 Å². The van der Waals surface area contributed by atoms with Crippen LogP contribution in [0.3, 0.4) is 0 Å². The summed E-state index contributed by atoms with van der Waals surface area (Å²) in [6.07, 6.45) is 2.94. The van der Waals surface area contributed by atoms with Crippen LogP contribution in [-0.4, -0.2) is 12.3 Å². The minimum atomic E-state index is 0.928. The Balaban J connectivity index is 2.04. The fourth-order valence-corrected chi connectivity index (χ4v) is 3.08. The average molecular weight is 135 g/mol. The van der Waals surface area contributed by atoms with Crippen LogP contribution in [0.4, 0.5) is 0 Å². The molecule has 2 unspecified atom stereocenters. The van der Waals surface area contributed by atoms with Crippen molar-refractivity contribution < 1.29 is 0 Å². The second-order valence-corrected chi connectivity index (χ2v) is 4.18. The Morgan fingerprint density at radius 1 is 1.30 bits per heavy atom. The van der Waals surface area contributed by atoms with Crippen molar-refractivity contribution in [2.75, 3.05) is 6.54 Å². The van der Waals surface area contributed by atoms with Gasteiger partial charge in [0.05, 0.1) is 0 Å². The molecule has 0 aromatic rings. The fourth-order valence-electron chi connectivity index (χ4n) is 3.08. The molecule has 3 fully saturated rings. The highest BCUT2D eigenvalue weighted by molar-refractivity contribution is 5.96. The molecule has 3 saturated carbocycles. The molecule has 54 valence electrons. The molecule has 0 spiro atoms. The van der Waals surface area contributed by atoms with E-state index in [9.17, 15) is 0 Å². The third-order valence-corrected chi connectivity index (χ3v) is 3.74. The van der Waals surface area contributed by atoms with Crippen molar-refractivity contribution in [2.24, 2.45) is 28.7 Å². The maximum absolute atomic E-state index is 4.60. The summed E-state index contributed by atoms with van der Waals surface area (Å²) in [6.45, 7) is 3.56. The molecule has 1 heteroatoms. The molecule has 2 aliphatic heterocycles. The minimum Gasteiger partial charge on any atom is -0.293 e. The van der Waals surface area contributed by atoms with Gasteiger partial charge in [0.2, 0.25) is 0 Å². The van der Waals surface area contributed by atoms with Crippen LogP contribution < -0.4 is 0 Å². The molecule has 0 radical (unpaired) electrons. The zero-order valence-electron chi connectivity index (χ0n) is 6.38. The molecule has 0 amide bonds. The Morgan fingerprint density at radius 3 is 2.40 bits per heavy atom. The Kier molecular flexibility index (Phi) is 0.781. The van der Waals surface area contributed by atoms with Crippen LogP contribution in [0.5, 0.6) is 0 Å². The summed E-state index contributed by atoms with van der Waals surface area (Å²) in [4.78, 5) is 4.60. The van der Waals surface area contributed by atoms with E-state index in [0.717, 1.165) is 30.2 Å². The van der Waals surface area contributed by atoms with Crippen molar-refractivity contribution in [3.05, 3.63) is 0 Å². The first kappa shape index (κ1) is 5.34. The fraction of sp³-hybridized carbons (Fsp3) is 0.889. The van der Waals surface area contributed by atoms with E-state index in [-0.39, 0.29) is 0 Å². The van der Waals surface area contributed by atoms with Crippen LogP contribution in [0, 0.1) is 23.7 Å². The van der Waals surface area contributed by atoms with Gasteiger partial charge in [-0.1, -0.05) is 6.92 Å². The molecular formula is C9H13N. The van der Waals surface area contributed by atoms with E-state index in [1.807, 2.05) is 0 Å². The summed E-state index contributed by atoms with van der Waals surface area (Å²) in [5.74, 6) is 3.81. The Labute approximate surface area is 61.5 Å². The van der Waals surface area contributed by atoms with Gasteiger partial charge >= 0.3 is 0 Å². The standard InChI is InChI=1S/C9H13N/c1-5-7-2-6-3-8(5)9(7)10-4-6/h5-8H,2-4H2,1H3. The Bertz CT molecular complexity index is 191. The zero-order valence-corrected chi connectivity index (χ0v) is 6.38. The smallest absolute Gasteiger partial charge is 0.0417 e. The zero-order chi connectivity index (χ0) is 6.72. The van der Waals surface area contributed by atoms with Gasteiger partial charge in [0.15, 0.2) is 0 Å². The monoisotopic (exact) mass is 135 g/mol. The van der Waals surface area contributed by atoms with Gasteiger partial charge in [-0.15, -0.1) is 0 Å². The summed E-state index contributed by atoms with van der Waals surface area (Å²) in [5, 5.41) is 0. The van der Waals surface area contributed by atoms with Gasteiger partial charge in [0.25, 0.3) is 0 Å². The summed E-state index contributed by atoms with van der Waals surface area (Å²) >= 11 is 0. The number of aliphatic imine (C=N–C) groups is 1. The highest BCUT2D eigenvalue weighted by Crippen LogP contribution is 2.53. The van der Waals surface area contributed by atoms with Crippen molar-refractivity contribution in [2.45, 2.75) is 19.8 Å². The SMILES string of the molecule is CC1C2CC3CN=C2C1C3. The van der Waals surface area contributed by atoms with Crippen molar-refractivity contribution in [1.82, 2.24) is 0 Å². The molecule has 0 saturated heterocycles. The normalized spacial score (nSPS) is 55.9. The number of hydrogen-bond donors (Lipinski definition) is 0. The van der Waals surface area contributed by atoms with Crippen LogP contribution >= 0.6 is 0 Å². The van der Waals surface area contributed by atoms with E-state index in [2.05, 4.69) is 11.9 Å². The molecule has 1 nitrogen and oxygen atoms in total. The second kappa shape index (κ2) is 1.46. The van der Waals surface area contributed by atoms with Crippen LogP contribution in [-0.2, 0) is 0 Å². The average Bonchev–Trinajstić information content (AvgIpc) is 2.05. The quantitative estimate of drug-likeness (QED) is 0.479. The molecule has 0 N–H and O–H groups in total. The number of nitrogens with zero attached hydrogens (tertiary/aromatic N) is 1. The summed E-state index contributed by atoms with van der Waals surface area (Å²) in [5.41, 5.74) is 1.59. The lowest BCUT2D eigenvalue weighted by molar-refractivity contribution is 0.124. The van der Waals surface area contributed by atoms with Crippen LogP contribution in [0.25, 0.3) is 0 Å². The van der Waals surface area contributed by atoms with Crippen molar-refractivity contribution in [3.8, 4) is 0 Å². The molecular weight excluding hydrogens is 122 g/mol. The lowest BCUT2D eigenvalue weighted by Crippen LogP contribution is -2.55. The third kappa shape index (κ3) is 0.415. The molecule has 2 atom stereocenters. The lowest BCUT2D eigenvalue weighted by atomic mass is 9.52. The van der Waals surface area contributed by atoms with E-state index in [1.165, 1.54) is 12.8 Å². The first-order valence-electron chi connectivity index (χ1n) is 4.40. The third-order valence-electron chi connectivity index (χ3n) is 3.74. The second-order valence-electron chi connectivity index (χ2n) is 4.18. The highest BCUT2D eigenvalue weighted by Gasteiger charge is 2.52. The predicted octanol–water partition coefficient (Wildman–Crippen LogP) is 1.73. The molecule has 5 rings (SSSR count). The summed E-state index contributed by atoms with van der Waals surface area (Å²) in [6, 6.07) is 0. The predicted molar refractivity (Wildman–Crippen MR) is 41.2 cm³/mol. The molecule has 0 aromatic heterocycles. The number of rotatable bonds is 0. The van der Waals surface area contributed by atoms with Gasteiger partial charge in [-0.3, -0.25) is 4.99 Å². The lowest BCUT2D eigenvalue weighted by Gasteiger charge is -2.55. The Morgan fingerprint density at radius 2 is 2.00 bits per heavy atom. The highest BCUT2D eigenvalue weighted by atomic mass is 14.9. The van der Waals surface area contributed by atoms with E-state index in [0.29, 0.717) is 0 Å². The van der Waals surface area contributed by atoms with Crippen molar-refractivity contribution >= 4 is 5.71 Å². The van der Waals surface area contributed by atoms with E-state index in [4.69, 9.17) is 0 Å². The molecule has 4 bridgehead atoms. The van der Waals surface area contributed by atoms with Gasteiger partial charge < -0.3 is 0 Å². The van der Waals surface area contributed by atoms with E-state index >= 15 is 0 Å². The van der Waals surface area contributed by atoms with Gasteiger partial charge in [-0.25, -0.2) is 0 Å². The molecule has 2 heterocycles. The van der Waals surface area contributed by atoms with Gasteiger partial charge in [-0.2, -0.15) is 0 Å². The van der Waals surface area contributed by atoms with Crippen LogP contribution in [0.1, 0.15) is 19.8 Å². The van der Waals surface area contributed by atoms with Crippen LogP contribution in [0.15, 0.2) is 4.99 Å². The number of hydrogen-bond acceptors (Lipinski definition) is 1. The Hall–Kier alpha value is -0.330. The maximum atomic E-state index is 4.60. The van der Waals surface area contributed by atoms with Gasteiger partial charge in [0, 0.05) is 24.1 Å². The largest absolute Gasteiger partial charge is 0.293 e. The molecule has 10 heavy (non-hydrogen) atoms. The first-order valence-corrected chi connectivity index (χ1v) is 4.40. The number of fused-ring (bicyclic) bond motifs is 1. The van der Waals surface area contributed by atoms with Crippen molar-refractivity contribution in [1.29, 1.82) is 0 Å². The molecule has 5 aliphatic rings. The van der Waals surface area contributed by atoms with Gasteiger partial charge in [0.1, 0.15) is 0 Å². The maximum Gasteiger partial charge on any atom is 0.0417 e. The minimum absolute atomic E-state index is 0.928. The summed E-state index contributed by atoms with van der Waals surface area (Å²) in [7, 11) is 0. The van der Waals surface area contributed by atoms with E-state index < -0.39 is 0 Å². The first-order chi connectivity index (χ1) is 4.86. The molecule has 3 aliphatic carbocycles. The van der Waals surface area contributed by atoms with E-state index in [1.54, 1.807) is 5.71 Å². The topological polar surface area (TPSA) is 12.4 Å². The molecule has 0 aromatic carbocycles. The summed E-state index contributed by atoms with van der Waals surface area (Å²) < 4.78 is 0.